The predicted molar refractivity (Wildman–Crippen MR) is 68.0 cm³/mol. The minimum Gasteiger partial charge on any atom is -0.492 e. The topological polar surface area (TPSA) is 55.8 Å². The van der Waals surface area contributed by atoms with Gasteiger partial charge >= 0.3 is 5.97 Å². The van der Waals surface area contributed by atoms with Gasteiger partial charge in [0.1, 0.15) is 0 Å². The molecule has 0 aliphatic rings. The number of carbonyl (C=O) groups is 1. The van der Waals surface area contributed by atoms with Crippen LogP contribution in [0.15, 0.2) is 10.5 Å². The Kier molecular flexibility index (Phi) is 4.40. The lowest BCUT2D eigenvalue weighted by Gasteiger charge is -2.19. The van der Waals surface area contributed by atoms with Gasteiger partial charge in [0.25, 0.3) is 0 Å². The first kappa shape index (κ1) is 13.8. The van der Waals surface area contributed by atoms with Crippen LogP contribution < -0.4 is 9.47 Å². The van der Waals surface area contributed by atoms with Crippen LogP contribution in [-0.4, -0.2) is 25.3 Å². The van der Waals surface area contributed by atoms with Crippen molar-refractivity contribution < 1.29 is 19.4 Å². The van der Waals surface area contributed by atoms with E-state index < -0.39 is 11.9 Å². The van der Waals surface area contributed by atoms with Gasteiger partial charge in [0.05, 0.1) is 24.6 Å². The Hall–Kier alpha value is -1.23. The van der Waals surface area contributed by atoms with E-state index >= 15 is 0 Å². The molecule has 0 bridgehead atoms. The monoisotopic (exact) mass is 302 g/mol. The zero-order valence-corrected chi connectivity index (χ0v) is 11.8. The first-order valence-electron chi connectivity index (χ1n) is 5.07. The molecule has 1 aromatic carbocycles. The van der Waals surface area contributed by atoms with Crippen molar-refractivity contribution in [2.45, 2.75) is 19.8 Å². The number of ether oxygens (including phenoxy) is 2. The van der Waals surface area contributed by atoms with Crippen molar-refractivity contribution >= 4 is 21.9 Å². The van der Waals surface area contributed by atoms with Crippen molar-refractivity contribution in [3.63, 3.8) is 0 Å². The number of halogens is 1. The molecule has 1 rings (SSSR count). The molecule has 17 heavy (non-hydrogen) atoms. The Morgan fingerprint density at radius 1 is 1.35 bits per heavy atom. The second-order valence-corrected chi connectivity index (χ2v) is 4.57. The van der Waals surface area contributed by atoms with Crippen molar-refractivity contribution in [2.24, 2.45) is 0 Å². The molecule has 0 aromatic heterocycles. The molecule has 0 heterocycles. The maximum atomic E-state index is 11.1. The average molecular weight is 303 g/mol. The number of carboxylic acids is 1. The first-order valence-corrected chi connectivity index (χ1v) is 5.87. The van der Waals surface area contributed by atoms with Crippen molar-refractivity contribution in [2.75, 3.05) is 14.2 Å². The second kappa shape index (κ2) is 5.40. The summed E-state index contributed by atoms with van der Waals surface area (Å²) in [6, 6.07) is 1.83. The van der Waals surface area contributed by atoms with Gasteiger partial charge in [-0.15, -0.1) is 0 Å². The van der Waals surface area contributed by atoms with Gasteiger partial charge in [-0.1, -0.05) is 0 Å². The number of hydrogen-bond acceptors (Lipinski definition) is 3. The third kappa shape index (κ3) is 2.54. The zero-order chi connectivity index (χ0) is 13.2. The van der Waals surface area contributed by atoms with Gasteiger partial charge in [0.2, 0.25) is 0 Å². The minimum absolute atomic E-state index is 0.467. The molecule has 5 heteroatoms. The van der Waals surface area contributed by atoms with E-state index in [9.17, 15) is 4.79 Å². The van der Waals surface area contributed by atoms with E-state index in [1.54, 1.807) is 6.92 Å². The second-order valence-electron chi connectivity index (χ2n) is 3.72. The zero-order valence-electron chi connectivity index (χ0n) is 10.2. The Balaban J connectivity index is 3.52. The van der Waals surface area contributed by atoms with E-state index in [0.717, 1.165) is 10.0 Å². The molecule has 1 aromatic rings. The van der Waals surface area contributed by atoms with E-state index in [2.05, 4.69) is 15.9 Å². The van der Waals surface area contributed by atoms with Crippen LogP contribution in [0.3, 0.4) is 0 Å². The summed E-state index contributed by atoms with van der Waals surface area (Å²) in [5, 5.41) is 9.10. The van der Waals surface area contributed by atoms with Crippen LogP contribution in [0.2, 0.25) is 0 Å². The standard InChI is InChI=1S/C12H15BrO4/c1-6-5-8(13)10(16-3)11(17-4)9(6)7(2)12(14)15/h5,7H,1-4H3,(H,14,15). The molecule has 0 aliphatic carbocycles. The van der Waals surface area contributed by atoms with Crippen LogP contribution in [0, 0.1) is 6.92 Å². The number of hydrogen-bond donors (Lipinski definition) is 1. The highest BCUT2D eigenvalue weighted by molar-refractivity contribution is 9.10. The van der Waals surface area contributed by atoms with E-state index in [4.69, 9.17) is 14.6 Å². The molecule has 0 saturated heterocycles. The lowest BCUT2D eigenvalue weighted by Crippen LogP contribution is -2.11. The van der Waals surface area contributed by atoms with Crippen LogP contribution >= 0.6 is 15.9 Å². The van der Waals surface area contributed by atoms with Crippen LogP contribution in [0.25, 0.3) is 0 Å². The summed E-state index contributed by atoms with van der Waals surface area (Å²) in [6.07, 6.45) is 0. The van der Waals surface area contributed by atoms with Gasteiger partial charge in [-0.3, -0.25) is 4.79 Å². The number of benzene rings is 1. The minimum atomic E-state index is -0.893. The Labute approximate surface area is 109 Å². The summed E-state index contributed by atoms with van der Waals surface area (Å²) < 4.78 is 11.3. The molecule has 0 spiro atoms. The highest BCUT2D eigenvalue weighted by atomic mass is 79.9. The maximum absolute atomic E-state index is 11.1. The van der Waals surface area contributed by atoms with E-state index in [1.807, 2.05) is 13.0 Å². The maximum Gasteiger partial charge on any atom is 0.310 e. The van der Waals surface area contributed by atoms with Crippen LogP contribution in [0.4, 0.5) is 0 Å². The molecule has 4 nitrogen and oxygen atoms in total. The lowest BCUT2D eigenvalue weighted by atomic mass is 9.95. The van der Waals surface area contributed by atoms with Crippen molar-refractivity contribution in [1.82, 2.24) is 0 Å². The molecule has 0 amide bonds. The SMILES string of the molecule is COc1c(Br)cc(C)c(C(C)C(=O)O)c1OC. The normalized spacial score (nSPS) is 12.1. The smallest absolute Gasteiger partial charge is 0.310 e. The van der Waals surface area contributed by atoms with Crippen LogP contribution in [0.5, 0.6) is 11.5 Å². The third-order valence-corrected chi connectivity index (χ3v) is 3.24. The fourth-order valence-electron chi connectivity index (χ4n) is 1.80. The highest BCUT2D eigenvalue weighted by Gasteiger charge is 2.25. The van der Waals surface area contributed by atoms with Gasteiger partial charge < -0.3 is 14.6 Å². The Morgan fingerprint density at radius 3 is 2.29 bits per heavy atom. The molecule has 1 N–H and O–H groups in total. The van der Waals surface area contributed by atoms with Gasteiger partial charge in [-0.2, -0.15) is 0 Å². The number of aryl methyl sites for hydroxylation is 1. The first-order chi connectivity index (χ1) is 7.93. The predicted octanol–water partition coefficient (Wildman–Crippen LogP) is 2.96. The van der Waals surface area contributed by atoms with Gasteiger partial charge in [0.15, 0.2) is 11.5 Å². The Bertz CT molecular complexity index is 443. The van der Waals surface area contributed by atoms with Crippen LogP contribution in [0.1, 0.15) is 24.0 Å². The highest BCUT2D eigenvalue weighted by Crippen LogP contribution is 2.43. The molecule has 0 saturated carbocycles. The number of rotatable bonds is 4. The summed E-state index contributed by atoms with van der Waals surface area (Å²) in [7, 11) is 3.02. The van der Waals surface area contributed by atoms with Crippen molar-refractivity contribution in [3.8, 4) is 11.5 Å². The van der Waals surface area contributed by atoms with E-state index in [0.29, 0.717) is 17.1 Å². The summed E-state index contributed by atoms with van der Waals surface area (Å²) >= 11 is 3.37. The summed E-state index contributed by atoms with van der Waals surface area (Å²) in [4.78, 5) is 11.1. The molecular formula is C12H15BrO4. The molecule has 0 aliphatic heterocycles. The molecular weight excluding hydrogens is 288 g/mol. The fourth-order valence-corrected chi connectivity index (χ4v) is 2.48. The third-order valence-electron chi connectivity index (χ3n) is 2.65. The van der Waals surface area contributed by atoms with Gasteiger partial charge in [0, 0.05) is 5.56 Å². The Morgan fingerprint density at radius 2 is 1.88 bits per heavy atom. The van der Waals surface area contributed by atoms with E-state index in [1.165, 1.54) is 14.2 Å². The largest absolute Gasteiger partial charge is 0.492 e. The summed E-state index contributed by atoms with van der Waals surface area (Å²) in [5.41, 5.74) is 1.49. The van der Waals surface area contributed by atoms with Crippen molar-refractivity contribution in [3.05, 3.63) is 21.7 Å². The summed E-state index contributed by atoms with van der Waals surface area (Å²) in [6.45, 7) is 3.47. The molecule has 1 unspecified atom stereocenters. The molecule has 94 valence electrons. The number of methoxy groups -OCH3 is 2. The quantitative estimate of drug-likeness (QED) is 0.929. The average Bonchev–Trinajstić information content (AvgIpc) is 2.27. The summed E-state index contributed by atoms with van der Waals surface area (Å²) in [5.74, 6) is -0.557. The number of aliphatic carboxylic acids is 1. The fraction of sp³-hybridized carbons (Fsp3) is 0.417. The number of carboxylic acid groups (broad SMARTS) is 1. The molecule has 0 fully saturated rings. The van der Waals surface area contributed by atoms with Crippen molar-refractivity contribution in [1.29, 1.82) is 0 Å². The molecule has 1 atom stereocenters. The van der Waals surface area contributed by atoms with Gasteiger partial charge in [-0.25, -0.2) is 0 Å². The van der Waals surface area contributed by atoms with E-state index in [-0.39, 0.29) is 0 Å². The van der Waals surface area contributed by atoms with Crippen LogP contribution in [-0.2, 0) is 4.79 Å². The molecule has 0 radical (unpaired) electrons. The van der Waals surface area contributed by atoms with Gasteiger partial charge in [-0.05, 0) is 41.4 Å². The lowest BCUT2D eigenvalue weighted by molar-refractivity contribution is -0.138.